The van der Waals surface area contributed by atoms with Crippen molar-refractivity contribution in [3.63, 3.8) is 0 Å². The molecular formula is C16H19F2IN2O3. The summed E-state index contributed by atoms with van der Waals surface area (Å²) < 4.78 is 32.5. The largest absolute Gasteiger partial charge is 0.444 e. The molecule has 0 aromatic heterocycles. The van der Waals surface area contributed by atoms with Crippen molar-refractivity contribution in [2.75, 3.05) is 13.1 Å². The number of carbonyl (C=O) groups excluding carboxylic acids is 2. The van der Waals surface area contributed by atoms with Crippen molar-refractivity contribution < 1.29 is 23.1 Å². The summed E-state index contributed by atoms with van der Waals surface area (Å²) in [6.45, 7) is 5.92. The number of hydrogen-bond acceptors (Lipinski definition) is 3. The number of benzene rings is 1. The van der Waals surface area contributed by atoms with Crippen molar-refractivity contribution in [3.05, 3.63) is 32.9 Å². The van der Waals surface area contributed by atoms with Crippen molar-refractivity contribution in [3.8, 4) is 0 Å². The molecule has 1 N–H and O–H groups in total. The highest BCUT2D eigenvalue weighted by atomic mass is 127. The van der Waals surface area contributed by atoms with Gasteiger partial charge in [-0.15, -0.1) is 0 Å². The first-order valence-corrected chi connectivity index (χ1v) is 8.58. The quantitative estimate of drug-likeness (QED) is 0.554. The van der Waals surface area contributed by atoms with Gasteiger partial charge >= 0.3 is 6.09 Å². The fraction of sp³-hybridized carbons (Fsp3) is 0.500. The van der Waals surface area contributed by atoms with Crippen LogP contribution in [0.4, 0.5) is 13.6 Å². The topological polar surface area (TPSA) is 58.6 Å². The van der Waals surface area contributed by atoms with Gasteiger partial charge in [0.25, 0.3) is 5.91 Å². The van der Waals surface area contributed by atoms with Crippen molar-refractivity contribution in [2.24, 2.45) is 0 Å². The molecule has 1 aromatic rings. The van der Waals surface area contributed by atoms with Gasteiger partial charge in [0, 0.05) is 22.7 Å². The molecule has 1 fully saturated rings. The smallest absolute Gasteiger partial charge is 0.407 e. The SMILES string of the molecule is CC(C)(C)OC(=O)N[C@@H]1CCN(C(=O)c2cc(I)c(F)cc2F)C1. The minimum atomic E-state index is -0.888. The Kier molecular flexibility index (Phi) is 5.67. The number of ether oxygens (including phenoxy) is 1. The van der Waals surface area contributed by atoms with Gasteiger partial charge in [-0.2, -0.15) is 0 Å². The zero-order valence-electron chi connectivity index (χ0n) is 13.7. The summed E-state index contributed by atoms with van der Waals surface area (Å²) in [4.78, 5) is 25.6. The molecule has 0 unspecified atom stereocenters. The van der Waals surface area contributed by atoms with E-state index in [1.165, 1.54) is 11.0 Å². The van der Waals surface area contributed by atoms with E-state index in [0.717, 1.165) is 0 Å². The molecule has 1 heterocycles. The molecule has 0 radical (unpaired) electrons. The van der Waals surface area contributed by atoms with Gasteiger partial charge in [0.15, 0.2) is 0 Å². The van der Waals surface area contributed by atoms with E-state index in [1.54, 1.807) is 43.4 Å². The summed E-state index contributed by atoms with van der Waals surface area (Å²) in [5.74, 6) is -2.10. The Labute approximate surface area is 152 Å². The molecule has 1 saturated heterocycles. The molecule has 0 saturated carbocycles. The average molecular weight is 452 g/mol. The van der Waals surface area contributed by atoms with Crippen molar-refractivity contribution in [1.82, 2.24) is 10.2 Å². The summed E-state index contributed by atoms with van der Waals surface area (Å²) >= 11 is 1.71. The van der Waals surface area contributed by atoms with Crippen molar-refractivity contribution in [1.29, 1.82) is 0 Å². The van der Waals surface area contributed by atoms with Crippen LogP contribution in [0.5, 0.6) is 0 Å². The number of alkyl carbamates (subject to hydrolysis) is 1. The van der Waals surface area contributed by atoms with Crippen LogP contribution in [-0.2, 0) is 4.74 Å². The predicted octanol–water partition coefficient (Wildman–Crippen LogP) is 3.31. The first-order valence-electron chi connectivity index (χ1n) is 7.50. The van der Waals surface area contributed by atoms with E-state index in [9.17, 15) is 18.4 Å². The molecule has 132 valence electrons. The number of carbonyl (C=O) groups is 2. The summed E-state index contributed by atoms with van der Waals surface area (Å²) in [6, 6.07) is 1.65. The maximum Gasteiger partial charge on any atom is 0.407 e. The van der Waals surface area contributed by atoms with E-state index in [-0.39, 0.29) is 21.7 Å². The fourth-order valence-electron chi connectivity index (χ4n) is 2.39. The van der Waals surface area contributed by atoms with Crippen LogP contribution in [0.1, 0.15) is 37.6 Å². The molecular weight excluding hydrogens is 433 g/mol. The van der Waals surface area contributed by atoms with Gasteiger partial charge in [-0.1, -0.05) is 0 Å². The van der Waals surface area contributed by atoms with Gasteiger partial charge in [0.1, 0.15) is 17.2 Å². The van der Waals surface area contributed by atoms with Crippen LogP contribution in [0.25, 0.3) is 0 Å². The Bertz CT molecular complexity index is 661. The van der Waals surface area contributed by atoms with Crippen LogP contribution in [0.3, 0.4) is 0 Å². The normalized spacial score (nSPS) is 17.8. The van der Waals surface area contributed by atoms with E-state index in [0.29, 0.717) is 19.0 Å². The highest BCUT2D eigenvalue weighted by molar-refractivity contribution is 14.1. The first-order chi connectivity index (χ1) is 11.1. The van der Waals surface area contributed by atoms with Crippen molar-refractivity contribution >= 4 is 34.6 Å². The number of nitrogens with one attached hydrogen (secondary N) is 1. The second kappa shape index (κ2) is 7.20. The second-order valence-electron chi connectivity index (χ2n) is 6.63. The zero-order valence-corrected chi connectivity index (χ0v) is 15.8. The first kappa shape index (κ1) is 18.9. The second-order valence-corrected chi connectivity index (χ2v) is 7.79. The Balaban J connectivity index is 1.99. The lowest BCUT2D eigenvalue weighted by Gasteiger charge is -2.22. The zero-order chi connectivity index (χ0) is 18.1. The van der Waals surface area contributed by atoms with Crippen molar-refractivity contribution in [2.45, 2.75) is 38.8 Å². The van der Waals surface area contributed by atoms with Gasteiger partial charge in [0.2, 0.25) is 0 Å². The maximum absolute atomic E-state index is 13.8. The molecule has 8 heteroatoms. The number of rotatable bonds is 2. The highest BCUT2D eigenvalue weighted by Crippen LogP contribution is 2.21. The molecule has 1 aliphatic heterocycles. The van der Waals surface area contributed by atoms with Crippen LogP contribution in [0.15, 0.2) is 12.1 Å². The molecule has 1 aromatic carbocycles. The number of halogens is 3. The van der Waals surface area contributed by atoms with Gasteiger partial charge in [0.05, 0.1) is 11.6 Å². The molecule has 0 aliphatic carbocycles. The van der Waals surface area contributed by atoms with Crippen LogP contribution >= 0.6 is 22.6 Å². The molecule has 2 amide bonds. The van der Waals surface area contributed by atoms with E-state index in [4.69, 9.17) is 4.74 Å². The maximum atomic E-state index is 13.8. The van der Waals surface area contributed by atoms with E-state index in [1.807, 2.05) is 0 Å². The third-order valence-electron chi connectivity index (χ3n) is 3.44. The molecule has 1 aliphatic rings. The Morgan fingerprint density at radius 2 is 1.96 bits per heavy atom. The van der Waals surface area contributed by atoms with Crippen LogP contribution in [-0.4, -0.2) is 41.6 Å². The van der Waals surface area contributed by atoms with E-state index < -0.39 is 29.2 Å². The standard InChI is InChI=1S/C16H19F2IN2O3/c1-16(2,3)24-15(23)20-9-4-5-21(8-9)14(22)10-6-13(19)12(18)7-11(10)17/h6-7,9H,4-5,8H2,1-3H3,(H,20,23)/t9-/m1/s1. The monoisotopic (exact) mass is 452 g/mol. The summed E-state index contributed by atoms with van der Waals surface area (Å²) in [7, 11) is 0. The lowest BCUT2D eigenvalue weighted by atomic mass is 10.2. The molecule has 2 rings (SSSR count). The number of amides is 2. The highest BCUT2D eigenvalue weighted by Gasteiger charge is 2.30. The van der Waals surface area contributed by atoms with Crippen LogP contribution < -0.4 is 5.32 Å². The number of hydrogen-bond donors (Lipinski definition) is 1. The van der Waals surface area contributed by atoms with Crippen LogP contribution in [0.2, 0.25) is 0 Å². The summed E-state index contributed by atoms with van der Waals surface area (Å²) in [6.07, 6.45) is -0.00505. The lowest BCUT2D eigenvalue weighted by Crippen LogP contribution is -2.41. The Hall–Kier alpha value is -1.45. The minimum Gasteiger partial charge on any atom is -0.444 e. The van der Waals surface area contributed by atoms with E-state index in [2.05, 4.69) is 5.32 Å². The number of nitrogens with zero attached hydrogens (tertiary/aromatic N) is 1. The number of likely N-dealkylation sites (tertiary alicyclic amines) is 1. The molecule has 0 bridgehead atoms. The Morgan fingerprint density at radius 3 is 2.58 bits per heavy atom. The Morgan fingerprint density at radius 1 is 1.29 bits per heavy atom. The van der Waals surface area contributed by atoms with Gasteiger partial charge in [-0.05, 0) is 55.8 Å². The third kappa shape index (κ3) is 4.78. The fourth-order valence-corrected chi connectivity index (χ4v) is 2.86. The van der Waals surface area contributed by atoms with Crippen LogP contribution in [0, 0.1) is 15.2 Å². The summed E-state index contributed by atoms with van der Waals surface area (Å²) in [5, 5.41) is 2.70. The molecule has 0 spiro atoms. The molecule has 5 nitrogen and oxygen atoms in total. The van der Waals surface area contributed by atoms with E-state index >= 15 is 0 Å². The minimum absolute atomic E-state index is 0.168. The average Bonchev–Trinajstić information content (AvgIpc) is 2.88. The molecule has 1 atom stereocenters. The van der Waals surface area contributed by atoms with Gasteiger partial charge in [-0.25, -0.2) is 13.6 Å². The molecule has 24 heavy (non-hydrogen) atoms. The van der Waals surface area contributed by atoms with Gasteiger partial charge in [-0.3, -0.25) is 4.79 Å². The lowest BCUT2D eigenvalue weighted by molar-refractivity contribution is 0.0502. The third-order valence-corrected chi connectivity index (χ3v) is 4.26. The van der Waals surface area contributed by atoms with Gasteiger partial charge < -0.3 is 15.0 Å². The summed E-state index contributed by atoms with van der Waals surface area (Å²) in [5.41, 5.74) is -0.773. The predicted molar refractivity (Wildman–Crippen MR) is 92.8 cm³/mol.